The van der Waals surface area contributed by atoms with Crippen molar-refractivity contribution in [2.45, 2.75) is 277 Å². The van der Waals surface area contributed by atoms with E-state index in [1.54, 1.807) is 0 Å². The first-order valence-electron chi connectivity index (χ1n) is 23.5. The summed E-state index contributed by atoms with van der Waals surface area (Å²) in [6.07, 6.45) is 61.9. The fourth-order valence-electron chi connectivity index (χ4n) is 8.13. The fourth-order valence-corrected chi connectivity index (χ4v) is 8.13. The van der Waals surface area contributed by atoms with Crippen LogP contribution in [0.1, 0.15) is 271 Å². The van der Waals surface area contributed by atoms with Gasteiger partial charge in [0.2, 0.25) is 0 Å². The molecule has 2 heteroatoms. The van der Waals surface area contributed by atoms with Gasteiger partial charge in [-0.2, -0.15) is 0 Å². The zero-order valence-electron chi connectivity index (χ0n) is 34.6. The van der Waals surface area contributed by atoms with Crippen molar-refractivity contribution in [2.24, 2.45) is 0 Å². The van der Waals surface area contributed by atoms with Crippen LogP contribution >= 0.6 is 0 Å². The Morgan fingerprint density at radius 1 is 0.265 bits per heavy atom. The van der Waals surface area contributed by atoms with E-state index in [0.717, 1.165) is 0 Å². The molecule has 2 nitrogen and oxygen atoms in total. The average Bonchev–Trinajstić information content (AvgIpc) is 3.50. The number of rotatable bonds is 41. The van der Waals surface area contributed by atoms with Crippen molar-refractivity contribution in [3.05, 3.63) is 12.4 Å². The summed E-state index contributed by atoms with van der Waals surface area (Å²) in [4.78, 5) is 5.47. The zero-order valence-corrected chi connectivity index (χ0v) is 34.6. The molecule has 0 spiro atoms. The van der Waals surface area contributed by atoms with Gasteiger partial charge in [-0.3, -0.25) is 0 Å². The fraction of sp³-hybridized carbons (Fsp3) is 0.957. The van der Waals surface area contributed by atoms with Gasteiger partial charge in [-0.15, -0.1) is 0 Å². The van der Waals surface area contributed by atoms with E-state index in [1.807, 2.05) is 0 Å². The van der Waals surface area contributed by atoms with E-state index in [9.17, 15) is 0 Å². The monoisotopic (exact) mass is 687 g/mol. The molecule has 1 unspecified atom stereocenters. The summed E-state index contributed by atoms with van der Waals surface area (Å²) >= 11 is 0. The Morgan fingerprint density at radius 3 is 0.714 bits per heavy atom. The van der Waals surface area contributed by atoms with E-state index in [4.69, 9.17) is 0 Å². The van der Waals surface area contributed by atoms with Crippen LogP contribution in [0.2, 0.25) is 0 Å². The van der Waals surface area contributed by atoms with Gasteiger partial charge in [-0.25, -0.2) is 0 Å². The highest BCUT2D eigenvalue weighted by Crippen LogP contribution is 2.24. The number of hydrogen-bond acceptors (Lipinski definition) is 2. The predicted molar refractivity (Wildman–Crippen MR) is 223 cm³/mol. The van der Waals surface area contributed by atoms with E-state index < -0.39 is 0 Å². The van der Waals surface area contributed by atoms with Gasteiger partial charge in [-0.05, 0) is 25.7 Å². The molecular formula is C47H94N2. The summed E-state index contributed by atoms with van der Waals surface area (Å²) in [5, 5.41) is 0. The Balaban J connectivity index is 2.19. The Morgan fingerprint density at radius 2 is 0.469 bits per heavy atom. The quantitative estimate of drug-likeness (QED) is 0.0591. The lowest BCUT2D eigenvalue weighted by atomic mass is 10.0. The van der Waals surface area contributed by atoms with E-state index >= 15 is 0 Å². The summed E-state index contributed by atoms with van der Waals surface area (Å²) in [6.45, 7) is 9.49. The molecule has 1 aliphatic rings. The SMILES string of the molecule is CCCCCCCCCCCCCCCCCCC1N(CCCCCCCCCCCC)C=CN1CCCCCCCCCCCCCC. The van der Waals surface area contributed by atoms with Crippen LogP contribution in [-0.2, 0) is 0 Å². The maximum Gasteiger partial charge on any atom is 0.101 e. The second-order valence-electron chi connectivity index (χ2n) is 16.4. The second-order valence-corrected chi connectivity index (χ2v) is 16.4. The number of unbranched alkanes of at least 4 members (excludes halogenated alkanes) is 35. The van der Waals surface area contributed by atoms with Gasteiger partial charge >= 0.3 is 0 Å². The molecule has 0 aromatic rings. The molecule has 0 radical (unpaired) electrons. The standard InChI is InChI=1S/C47H94N2/c1-4-7-10-13-16-19-22-24-25-26-27-28-30-33-36-39-42-47-48(43-40-37-34-31-21-18-15-12-9-6-3)45-46-49(47)44-41-38-35-32-29-23-20-17-14-11-8-5-2/h45-47H,4-44H2,1-3H3. The normalized spacial score (nSPS) is 14.6. The lowest BCUT2D eigenvalue weighted by Crippen LogP contribution is -2.39. The Hall–Kier alpha value is -0.660. The highest BCUT2D eigenvalue weighted by Gasteiger charge is 2.24. The van der Waals surface area contributed by atoms with Crippen LogP contribution in [0, 0.1) is 0 Å². The molecule has 1 aliphatic heterocycles. The molecule has 0 bridgehead atoms. The predicted octanol–water partition coefficient (Wildman–Crippen LogP) is 16.7. The zero-order chi connectivity index (χ0) is 35.1. The summed E-state index contributed by atoms with van der Waals surface area (Å²) in [5.41, 5.74) is 0. The average molecular weight is 687 g/mol. The van der Waals surface area contributed by atoms with Crippen molar-refractivity contribution in [3.8, 4) is 0 Å². The largest absolute Gasteiger partial charge is 0.356 e. The third-order valence-corrected chi connectivity index (χ3v) is 11.6. The Labute approximate surface area is 311 Å². The van der Waals surface area contributed by atoms with Crippen LogP contribution in [-0.4, -0.2) is 29.1 Å². The Bertz CT molecular complexity index is 644. The molecule has 0 saturated heterocycles. The maximum atomic E-state index is 2.73. The summed E-state index contributed by atoms with van der Waals surface area (Å²) in [6, 6.07) is 0. The minimum atomic E-state index is 0.637. The van der Waals surface area contributed by atoms with Crippen molar-refractivity contribution >= 4 is 0 Å². The highest BCUT2D eigenvalue weighted by molar-refractivity contribution is 4.97. The van der Waals surface area contributed by atoms with Crippen molar-refractivity contribution < 1.29 is 0 Å². The van der Waals surface area contributed by atoms with Gasteiger partial charge in [-0.1, -0.05) is 245 Å². The van der Waals surface area contributed by atoms with E-state index in [0.29, 0.717) is 6.17 Å². The van der Waals surface area contributed by atoms with Gasteiger partial charge < -0.3 is 9.80 Å². The van der Waals surface area contributed by atoms with Gasteiger partial charge in [0.15, 0.2) is 0 Å². The number of nitrogens with zero attached hydrogens (tertiary/aromatic N) is 2. The molecule has 0 saturated carbocycles. The smallest absolute Gasteiger partial charge is 0.101 e. The first-order valence-corrected chi connectivity index (χ1v) is 23.5. The van der Waals surface area contributed by atoms with Gasteiger partial charge in [0.25, 0.3) is 0 Å². The first-order chi connectivity index (χ1) is 24.3. The molecule has 0 aromatic heterocycles. The topological polar surface area (TPSA) is 6.48 Å². The molecule has 1 heterocycles. The van der Waals surface area contributed by atoms with Gasteiger partial charge in [0.1, 0.15) is 6.17 Å². The van der Waals surface area contributed by atoms with E-state index in [1.165, 1.54) is 264 Å². The second kappa shape index (κ2) is 38.6. The maximum absolute atomic E-state index is 2.73. The molecule has 0 aliphatic carbocycles. The van der Waals surface area contributed by atoms with Crippen molar-refractivity contribution in [1.82, 2.24) is 9.80 Å². The third kappa shape index (κ3) is 30.7. The molecule has 0 N–H and O–H groups in total. The van der Waals surface area contributed by atoms with Crippen LogP contribution in [0.5, 0.6) is 0 Å². The van der Waals surface area contributed by atoms with Crippen molar-refractivity contribution in [3.63, 3.8) is 0 Å². The summed E-state index contributed by atoms with van der Waals surface area (Å²) < 4.78 is 0. The van der Waals surface area contributed by atoms with Gasteiger partial charge in [0, 0.05) is 25.5 Å². The third-order valence-electron chi connectivity index (χ3n) is 11.6. The summed E-state index contributed by atoms with van der Waals surface area (Å²) in [5.74, 6) is 0. The van der Waals surface area contributed by atoms with Crippen molar-refractivity contribution in [2.75, 3.05) is 13.1 Å². The number of hydrogen-bond donors (Lipinski definition) is 0. The van der Waals surface area contributed by atoms with E-state index in [2.05, 4.69) is 43.0 Å². The highest BCUT2D eigenvalue weighted by atomic mass is 15.4. The molecule has 0 aromatic carbocycles. The lowest BCUT2D eigenvalue weighted by Gasteiger charge is -2.33. The minimum absolute atomic E-state index is 0.637. The van der Waals surface area contributed by atoms with Crippen LogP contribution in [0.15, 0.2) is 12.4 Å². The molecule has 49 heavy (non-hydrogen) atoms. The Kier molecular flexibility index (Phi) is 36.5. The first kappa shape index (κ1) is 46.4. The minimum Gasteiger partial charge on any atom is -0.356 e. The molecule has 1 rings (SSSR count). The van der Waals surface area contributed by atoms with Crippen LogP contribution in [0.3, 0.4) is 0 Å². The van der Waals surface area contributed by atoms with Crippen LogP contribution in [0.4, 0.5) is 0 Å². The molecule has 0 fully saturated rings. The van der Waals surface area contributed by atoms with Crippen molar-refractivity contribution in [1.29, 1.82) is 0 Å². The van der Waals surface area contributed by atoms with Gasteiger partial charge in [0.05, 0.1) is 0 Å². The lowest BCUT2D eigenvalue weighted by molar-refractivity contribution is 0.135. The molecule has 1 atom stereocenters. The van der Waals surface area contributed by atoms with E-state index in [-0.39, 0.29) is 0 Å². The molecular weight excluding hydrogens is 593 g/mol. The van der Waals surface area contributed by atoms with Crippen LogP contribution in [0.25, 0.3) is 0 Å². The molecule has 0 amide bonds. The molecule has 292 valence electrons. The van der Waals surface area contributed by atoms with Crippen LogP contribution < -0.4 is 0 Å². The summed E-state index contributed by atoms with van der Waals surface area (Å²) in [7, 11) is 0.